The molecule has 1 saturated heterocycles. The number of halogens is 4. The zero-order valence-electron chi connectivity index (χ0n) is 21.4. The Morgan fingerprint density at radius 3 is 2.56 bits per heavy atom. The van der Waals surface area contributed by atoms with Crippen molar-refractivity contribution in [2.45, 2.75) is 25.1 Å². The summed E-state index contributed by atoms with van der Waals surface area (Å²) in [6, 6.07) is 8.89. The molecule has 4 aromatic heterocycles. The van der Waals surface area contributed by atoms with Gasteiger partial charge in [-0.3, -0.25) is 14.5 Å². The first-order valence-corrected chi connectivity index (χ1v) is 13.2. The lowest BCUT2D eigenvalue weighted by Crippen LogP contribution is -2.27. The van der Waals surface area contributed by atoms with Gasteiger partial charge in [0, 0.05) is 64.6 Å². The van der Waals surface area contributed by atoms with Gasteiger partial charge in [-0.15, -0.1) is 5.10 Å². The molecule has 1 fully saturated rings. The molecule has 210 valence electrons. The van der Waals surface area contributed by atoms with E-state index < -0.39 is 11.9 Å². The SMILES string of the molecule is Nc1nc2c(-c3cc(C=O)ccc3Cl)cc(-c3cnn(C(c4ccc(C(F)(F)F)nc4)C4CCOCC4)c3)cn2n1. The molecule has 1 aromatic carbocycles. The van der Waals surface area contributed by atoms with Gasteiger partial charge in [0.25, 0.3) is 0 Å². The number of alkyl halides is 3. The van der Waals surface area contributed by atoms with Crippen molar-refractivity contribution < 1.29 is 22.7 Å². The first-order chi connectivity index (χ1) is 19.7. The maximum Gasteiger partial charge on any atom is 0.433 e. The number of pyridine rings is 2. The summed E-state index contributed by atoms with van der Waals surface area (Å²) in [6.45, 7) is 1.11. The first-order valence-electron chi connectivity index (χ1n) is 12.8. The van der Waals surface area contributed by atoms with Crippen molar-refractivity contribution in [2.24, 2.45) is 5.92 Å². The minimum absolute atomic E-state index is 0.0659. The minimum atomic E-state index is -4.53. The van der Waals surface area contributed by atoms with E-state index >= 15 is 0 Å². The summed E-state index contributed by atoms with van der Waals surface area (Å²) in [5.41, 5.74) is 9.12. The maximum atomic E-state index is 13.2. The number of aldehydes is 1. The quantitative estimate of drug-likeness (QED) is 0.254. The van der Waals surface area contributed by atoms with Crippen LogP contribution in [-0.2, 0) is 10.9 Å². The number of nitrogen functional groups attached to an aromatic ring is 1. The topological polar surface area (TPSA) is 113 Å². The fourth-order valence-corrected chi connectivity index (χ4v) is 5.46. The molecule has 1 aliphatic rings. The fourth-order valence-electron chi connectivity index (χ4n) is 5.24. The average molecular weight is 582 g/mol. The monoisotopic (exact) mass is 581 g/mol. The van der Waals surface area contributed by atoms with E-state index in [2.05, 4.69) is 20.2 Å². The molecule has 0 bridgehead atoms. The zero-order valence-corrected chi connectivity index (χ0v) is 22.2. The summed E-state index contributed by atoms with van der Waals surface area (Å²) in [7, 11) is 0. The summed E-state index contributed by atoms with van der Waals surface area (Å²) in [5, 5.41) is 9.33. The van der Waals surface area contributed by atoms with Crippen LogP contribution in [0.25, 0.3) is 27.9 Å². The zero-order chi connectivity index (χ0) is 28.7. The Morgan fingerprint density at radius 1 is 1.05 bits per heavy atom. The number of nitrogens with zero attached hydrogens (tertiary/aromatic N) is 6. The van der Waals surface area contributed by atoms with Gasteiger partial charge in [0.1, 0.15) is 12.0 Å². The number of anilines is 1. The summed E-state index contributed by atoms with van der Waals surface area (Å²) >= 11 is 6.52. The van der Waals surface area contributed by atoms with Crippen LogP contribution in [0.3, 0.4) is 0 Å². The number of hydrogen-bond donors (Lipinski definition) is 1. The highest BCUT2D eigenvalue weighted by Crippen LogP contribution is 2.37. The molecule has 41 heavy (non-hydrogen) atoms. The molecule has 0 amide bonds. The predicted molar refractivity (Wildman–Crippen MR) is 145 cm³/mol. The molecule has 0 radical (unpaired) electrons. The minimum Gasteiger partial charge on any atom is -0.381 e. The smallest absolute Gasteiger partial charge is 0.381 e. The van der Waals surface area contributed by atoms with E-state index in [1.807, 2.05) is 12.3 Å². The van der Waals surface area contributed by atoms with Crippen LogP contribution in [0.1, 0.15) is 40.5 Å². The van der Waals surface area contributed by atoms with Crippen LogP contribution in [0.15, 0.2) is 61.2 Å². The predicted octanol–water partition coefficient (Wildman–Crippen LogP) is 5.74. The van der Waals surface area contributed by atoms with Crippen molar-refractivity contribution in [3.05, 3.63) is 83.0 Å². The van der Waals surface area contributed by atoms with E-state index in [0.29, 0.717) is 51.7 Å². The normalized spacial score (nSPS) is 15.3. The van der Waals surface area contributed by atoms with Crippen LogP contribution in [0.2, 0.25) is 5.02 Å². The Kier molecular flexibility index (Phi) is 6.96. The largest absolute Gasteiger partial charge is 0.433 e. The highest BCUT2D eigenvalue weighted by Gasteiger charge is 2.34. The van der Waals surface area contributed by atoms with Crippen LogP contribution < -0.4 is 5.73 Å². The Balaban J connectivity index is 1.44. The molecule has 5 aromatic rings. The maximum absolute atomic E-state index is 13.2. The third-order valence-corrected chi connectivity index (χ3v) is 7.55. The summed E-state index contributed by atoms with van der Waals surface area (Å²) in [5.74, 6) is 0.143. The van der Waals surface area contributed by atoms with Crippen LogP contribution in [0.5, 0.6) is 0 Å². The number of rotatable bonds is 6. The number of nitrogens with two attached hydrogens (primary N) is 1. The van der Waals surface area contributed by atoms with Gasteiger partial charge in [-0.1, -0.05) is 23.7 Å². The molecule has 13 heteroatoms. The fraction of sp³-hybridized carbons (Fsp3) is 0.250. The van der Waals surface area contributed by atoms with Crippen LogP contribution in [0.4, 0.5) is 19.1 Å². The van der Waals surface area contributed by atoms with Crippen LogP contribution in [-0.4, -0.2) is 48.9 Å². The number of carbonyl (C=O) groups excluding carboxylic acids is 1. The van der Waals surface area contributed by atoms with E-state index in [1.165, 1.54) is 16.8 Å². The van der Waals surface area contributed by atoms with Crippen molar-refractivity contribution in [1.29, 1.82) is 0 Å². The van der Waals surface area contributed by atoms with Crippen molar-refractivity contribution in [1.82, 2.24) is 29.4 Å². The van der Waals surface area contributed by atoms with Gasteiger partial charge in [-0.2, -0.15) is 23.3 Å². The van der Waals surface area contributed by atoms with Gasteiger partial charge in [0.15, 0.2) is 5.65 Å². The lowest BCUT2D eigenvalue weighted by Gasteiger charge is -2.30. The standard InChI is InChI=1S/C28H23ClF3N7O2/c29-23-3-1-16(15-40)9-21(23)22-10-19(13-39-26(22)36-27(33)37-39)20-12-35-38(14-20)25(17-5-7-41-8-6-17)18-2-4-24(34-11-18)28(30,31)32/h1-4,9-15,17,25H,5-8H2,(H2,33,37). The molecule has 5 heterocycles. The molecule has 0 aliphatic carbocycles. The van der Waals surface area contributed by atoms with Crippen molar-refractivity contribution >= 4 is 29.5 Å². The summed E-state index contributed by atoms with van der Waals surface area (Å²) in [6.07, 6.45) is 4.20. The third-order valence-electron chi connectivity index (χ3n) is 7.22. The lowest BCUT2D eigenvalue weighted by atomic mass is 9.87. The molecule has 1 atom stereocenters. The molecule has 2 N–H and O–H groups in total. The Bertz CT molecular complexity index is 1730. The van der Waals surface area contributed by atoms with Gasteiger partial charge in [0.05, 0.1) is 12.2 Å². The van der Waals surface area contributed by atoms with Crippen molar-refractivity contribution in [3.63, 3.8) is 0 Å². The number of aromatic nitrogens is 6. The van der Waals surface area contributed by atoms with E-state index in [0.717, 1.165) is 30.8 Å². The first kappa shape index (κ1) is 26.9. The summed E-state index contributed by atoms with van der Waals surface area (Å²) < 4.78 is 48.4. The highest BCUT2D eigenvalue weighted by atomic mass is 35.5. The Morgan fingerprint density at radius 2 is 1.85 bits per heavy atom. The number of fused-ring (bicyclic) bond motifs is 1. The molecular weight excluding hydrogens is 559 g/mol. The van der Waals surface area contributed by atoms with E-state index in [1.54, 1.807) is 35.3 Å². The number of ether oxygens (including phenoxy) is 1. The molecule has 0 saturated carbocycles. The molecule has 1 aliphatic heterocycles. The van der Waals surface area contributed by atoms with E-state index in [-0.39, 0.29) is 17.9 Å². The molecule has 9 nitrogen and oxygen atoms in total. The van der Waals surface area contributed by atoms with E-state index in [9.17, 15) is 18.0 Å². The van der Waals surface area contributed by atoms with E-state index in [4.69, 9.17) is 22.1 Å². The number of benzene rings is 1. The van der Waals surface area contributed by atoms with Crippen LogP contribution in [0, 0.1) is 5.92 Å². The lowest BCUT2D eigenvalue weighted by molar-refractivity contribution is -0.141. The van der Waals surface area contributed by atoms with Gasteiger partial charge < -0.3 is 10.5 Å². The number of carbonyl (C=O) groups is 1. The second-order valence-electron chi connectivity index (χ2n) is 9.82. The molecular formula is C28H23ClF3N7O2. The summed E-state index contributed by atoms with van der Waals surface area (Å²) in [4.78, 5) is 19.5. The van der Waals surface area contributed by atoms with Crippen molar-refractivity contribution in [3.8, 4) is 22.3 Å². The number of hydrogen-bond acceptors (Lipinski definition) is 7. The van der Waals surface area contributed by atoms with Gasteiger partial charge in [0.2, 0.25) is 5.95 Å². The highest BCUT2D eigenvalue weighted by molar-refractivity contribution is 6.33. The second-order valence-corrected chi connectivity index (χ2v) is 10.2. The van der Waals surface area contributed by atoms with Gasteiger partial charge in [-0.25, -0.2) is 4.52 Å². The van der Waals surface area contributed by atoms with Crippen molar-refractivity contribution in [2.75, 3.05) is 18.9 Å². The van der Waals surface area contributed by atoms with Gasteiger partial charge in [-0.05, 0) is 48.6 Å². The van der Waals surface area contributed by atoms with Crippen LogP contribution >= 0.6 is 11.6 Å². The molecule has 1 unspecified atom stereocenters. The Hall–Kier alpha value is -4.29. The average Bonchev–Trinajstić information content (AvgIpc) is 3.60. The Labute approximate surface area is 236 Å². The second kappa shape index (κ2) is 10.6. The molecule has 0 spiro atoms. The van der Waals surface area contributed by atoms with Gasteiger partial charge >= 0.3 is 6.18 Å². The molecule has 6 rings (SSSR count). The third kappa shape index (κ3) is 5.27.